The second kappa shape index (κ2) is 9.42. The largest absolute Gasteiger partial charge is 0.393 e. The van der Waals surface area contributed by atoms with E-state index in [1.165, 1.54) is 44.9 Å². The van der Waals surface area contributed by atoms with Crippen LogP contribution >= 0.6 is 0 Å². The maximum Gasteiger partial charge on any atom is 0.266 e. The van der Waals surface area contributed by atoms with Crippen LogP contribution in [0, 0.1) is 46.3 Å². The highest BCUT2D eigenvalue weighted by Gasteiger charge is 2.60. The van der Waals surface area contributed by atoms with Crippen molar-refractivity contribution >= 4 is 16.0 Å². The summed E-state index contributed by atoms with van der Waals surface area (Å²) in [7, 11) is -4.04. The first-order valence-corrected chi connectivity index (χ1v) is 14.9. The molecule has 4 saturated carbocycles. The van der Waals surface area contributed by atoms with Gasteiger partial charge in [0.05, 0.1) is 11.9 Å². The van der Waals surface area contributed by atoms with E-state index in [2.05, 4.69) is 26.1 Å². The standard InChI is InChI=1S/C26H45NO5S/c1-17(4-9-24(29)27-14-15-33(30,31)32)21-7-8-22-20-6-5-18-16-19(28)10-12-25(18,2)23(20)11-13-26(21,22)3/h17-23,28H,4-16H2,1-3H3,(H,27,29)(H,30,31,32)/t17-,18-,19-,20+,21-,22-,23+,25+,26-/m1/s1. The van der Waals surface area contributed by atoms with E-state index in [-0.39, 0.29) is 18.6 Å². The number of aliphatic hydroxyl groups is 1. The van der Waals surface area contributed by atoms with Crippen molar-refractivity contribution in [3.63, 3.8) is 0 Å². The first-order valence-electron chi connectivity index (χ1n) is 13.3. The van der Waals surface area contributed by atoms with Gasteiger partial charge < -0.3 is 10.4 Å². The molecule has 1 amide bonds. The maximum absolute atomic E-state index is 12.2. The number of hydrogen-bond donors (Lipinski definition) is 3. The molecule has 0 aromatic rings. The maximum atomic E-state index is 12.2. The lowest BCUT2D eigenvalue weighted by Crippen LogP contribution is -2.54. The van der Waals surface area contributed by atoms with E-state index in [0.29, 0.717) is 35.0 Å². The Hall–Kier alpha value is -0.660. The molecule has 0 spiro atoms. The first-order chi connectivity index (χ1) is 15.4. The molecule has 0 saturated heterocycles. The van der Waals surface area contributed by atoms with Gasteiger partial charge in [0.1, 0.15) is 0 Å². The summed E-state index contributed by atoms with van der Waals surface area (Å²) in [5.74, 6) is 3.68. The molecule has 3 N–H and O–H groups in total. The van der Waals surface area contributed by atoms with Crippen LogP contribution in [0.25, 0.3) is 0 Å². The number of carbonyl (C=O) groups excluding carboxylic acids is 1. The quantitative estimate of drug-likeness (QED) is 0.465. The summed E-state index contributed by atoms with van der Waals surface area (Å²) in [5, 5.41) is 12.9. The van der Waals surface area contributed by atoms with Crippen molar-refractivity contribution in [2.24, 2.45) is 46.3 Å². The number of amides is 1. The van der Waals surface area contributed by atoms with Crippen LogP contribution in [-0.4, -0.2) is 42.4 Å². The van der Waals surface area contributed by atoms with Gasteiger partial charge in [-0.2, -0.15) is 8.42 Å². The van der Waals surface area contributed by atoms with Crippen LogP contribution in [-0.2, 0) is 14.9 Å². The molecule has 7 heteroatoms. The van der Waals surface area contributed by atoms with Gasteiger partial charge in [0, 0.05) is 13.0 Å². The lowest BCUT2D eigenvalue weighted by molar-refractivity contribution is -0.129. The molecule has 4 aliphatic rings. The zero-order valence-corrected chi connectivity index (χ0v) is 21.6. The summed E-state index contributed by atoms with van der Waals surface area (Å²) in [6.07, 6.45) is 12.1. The van der Waals surface area contributed by atoms with E-state index < -0.39 is 15.9 Å². The van der Waals surface area contributed by atoms with E-state index in [9.17, 15) is 18.3 Å². The minimum absolute atomic E-state index is 0.0326. The van der Waals surface area contributed by atoms with Crippen molar-refractivity contribution < 1.29 is 22.9 Å². The number of fused-ring (bicyclic) bond motifs is 5. The van der Waals surface area contributed by atoms with E-state index in [1.807, 2.05) is 0 Å². The lowest BCUT2D eigenvalue weighted by Gasteiger charge is -2.61. The van der Waals surface area contributed by atoms with Gasteiger partial charge in [-0.15, -0.1) is 0 Å². The van der Waals surface area contributed by atoms with Crippen LogP contribution in [0.5, 0.6) is 0 Å². The van der Waals surface area contributed by atoms with Crippen LogP contribution in [0.4, 0.5) is 0 Å². The molecule has 33 heavy (non-hydrogen) atoms. The third kappa shape index (κ3) is 5.02. The average Bonchev–Trinajstić information content (AvgIpc) is 3.09. The van der Waals surface area contributed by atoms with E-state index in [0.717, 1.165) is 37.0 Å². The van der Waals surface area contributed by atoms with Gasteiger partial charge in [0.15, 0.2) is 0 Å². The number of rotatable bonds is 7. The van der Waals surface area contributed by atoms with E-state index >= 15 is 0 Å². The van der Waals surface area contributed by atoms with Crippen LogP contribution in [0.2, 0.25) is 0 Å². The fourth-order valence-corrected chi connectivity index (χ4v) is 9.54. The molecule has 0 aliphatic heterocycles. The predicted molar refractivity (Wildman–Crippen MR) is 129 cm³/mol. The molecular formula is C26H45NO5S. The second-order valence-corrected chi connectivity index (χ2v) is 14.0. The number of aliphatic hydroxyl groups excluding tert-OH is 1. The van der Waals surface area contributed by atoms with Crippen molar-refractivity contribution in [1.82, 2.24) is 5.32 Å². The molecule has 4 fully saturated rings. The van der Waals surface area contributed by atoms with Gasteiger partial charge in [-0.3, -0.25) is 9.35 Å². The second-order valence-electron chi connectivity index (χ2n) is 12.5. The summed E-state index contributed by atoms with van der Waals surface area (Å²) in [6, 6.07) is 0. The summed E-state index contributed by atoms with van der Waals surface area (Å²) in [4.78, 5) is 12.2. The normalized spacial score (nSPS) is 43.8. The smallest absolute Gasteiger partial charge is 0.266 e. The number of carbonyl (C=O) groups is 1. The minimum atomic E-state index is -4.04. The minimum Gasteiger partial charge on any atom is -0.393 e. The third-order valence-electron chi connectivity index (χ3n) is 10.9. The molecule has 9 atom stereocenters. The first kappa shape index (κ1) is 25.4. The summed E-state index contributed by atoms with van der Waals surface area (Å²) < 4.78 is 30.5. The van der Waals surface area contributed by atoms with Crippen LogP contribution in [0.1, 0.15) is 91.4 Å². The molecule has 4 aliphatic carbocycles. The van der Waals surface area contributed by atoms with Gasteiger partial charge in [-0.05, 0) is 111 Å². The number of nitrogens with one attached hydrogen (secondary N) is 1. The Balaban J connectivity index is 1.35. The molecule has 0 heterocycles. The van der Waals surface area contributed by atoms with Crippen molar-refractivity contribution in [1.29, 1.82) is 0 Å². The molecule has 0 aromatic carbocycles. The van der Waals surface area contributed by atoms with Crippen molar-refractivity contribution in [3.8, 4) is 0 Å². The Morgan fingerprint density at radius 3 is 2.45 bits per heavy atom. The molecule has 0 unspecified atom stereocenters. The highest BCUT2D eigenvalue weighted by Crippen LogP contribution is 2.68. The molecule has 4 rings (SSSR count). The van der Waals surface area contributed by atoms with Crippen LogP contribution in [0.3, 0.4) is 0 Å². The summed E-state index contributed by atoms with van der Waals surface area (Å²) in [6.45, 7) is 7.34. The van der Waals surface area contributed by atoms with E-state index in [4.69, 9.17) is 4.55 Å². The Morgan fingerprint density at radius 1 is 1.03 bits per heavy atom. The molecule has 6 nitrogen and oxygen atoms in total. The summed E-state index contributed by atoms with van der Waals surface area (Å²) >= 11 is 0. The van der Waals surface area contributed by atoms with Crippen molar-refractivity contribution in [2.45, 2.75) is 97.5 Å². The number of hydrogen-bond acceptors (Lipinski definition) is 4. The SMILES string of the molecule is C[C@H](CCC(=O)NCCS(=O)(=O)O)[C@H]1CC[C@@H]2[C@@H]3CC[C@@H]4C[C@H](O)CC[C@]4(C)[C@H]3CC[C@@]21C. The molecule has 0 radical (unpaired) electrons. The van der Waals surface area contributed by atoms with Gasteiger partial charge in [0.2, 0.25) is 5.91 Å². The monoisotopic (exact) mass is 483 g/mol. The van der Waals surface area contributed by atoms with Crippen LogP contribution < -0.4 is 5.32 Å². The van der Waals surface area contributed by atoms with Crippen molar-refractivity contribution in [2.75, 3.05) is 12.3 Å². The van der Waals surface area contributed by atoms with Gasteiger partial charge >= 0.3 is 0 Å². The van der Waals surface area contributed by atoms with Crippen LogP contribution in [0.15, 0.2) is 0 Å². The molecule has 190 valence electrons. The lowest BCUT2D eigenvalue weighted by atomic mass is 9.44. The Bertz CT molecular complexity index is 831. The molecule has 0 aromatic heterocycles. The zero-order valence-electron chi connectivity index (χ0n) is 20.8. The molecule has 0 bridgehead atoms. The fourth-order valence-electron chi connectivity index (χ4n) is 9.18. The zero-order chi connectivity index (χ0) is 24.0. The fraction of sp³-hybridized carbons (Fsp3) is 0.962. The van der Waals surface area contributed by atoms with Gasteiger partial charge in [-0.25, -0.2) is 0 Å². The predicted octanol–water partition coefficient (Wildman–Crippen LogP) is 4.43. The Labute approximate surface area is 200 Å². The third-order valence-corrected chi connectivity index (χ3v) is 11.6. The highest BCUT2D eigenvalue weighted by molar-refractivity contribution is 7.85. The average molecular weight is 484 g/mol. The Kier molecular flexibility index (Phi) is 7.26. The topological polar surface area (TPSA) is 104 Å². The molecular weight excluding hydrogens is 438 g/mol. The van der Waals surface area contributed by atoms with Crippen molar-refractivity contribution in [3.05, 3.63) is 0 Å². The Morgan fingerprint density at radius 2 is 1.73 bits per heavy atom. The highest BCUT2D eigenvalue weighted by atomic mass is 32.2. The van der Waals surface area contributed by atoms with Gasteiger partial charge in [-0.1, -0.05) is 20.8 Å². The van der Waals surface area contributed by atoms with Gasteiger partial charge in [0.25, 0.3) is 10.1 Å². The van der Waals surface area contributed by atoms with E-state index in [1.54, 1.807) is 0 Å². The summed E-state index contributed by atoms with van der Waals surface area (Å²) in [5.41, 5.74) is 0.771.